The van der Waals surface area contributed by atoms with Crippen LogP contribution in [0, 0.1) is 0 Å². The van der Waals surface area contributed by atoms with Crippen molar-refractivity contribution in [2.45, 2.75) is 36.0 Å². The van der Waals surface area contributed by atoms with E-state index in [1.165, 1.54) is 24.2 Å². The first kappa shape index (κ1) is 14.4. The van der Waals surface area contributed by atoms with Gasteiger partial charge in [0.2, 0.25) is 0 Å². The van der Waals surface area contributed by atoms with E-state index < -0.39 is 10.0 Å². The zero-order valence-electron chi connectivity index (χ0n) is 11.5. The van der Waals surface area contributed by atoms with E-state index in [0.717, 1.165) is 18.6 Å². The summed E-state index contributed by atoms with van der Waals surface area (Å²) in [4.78, 5) is 0. The van der Waals surface area contributed by atoms with E-state index >= 15 is 0 Å². The number of nitrogens with one attached hydrogen (secondary N) is 1. The molecule has 0 radical (unpaired) electrons. The van der Waals surface area contributed by atoms with Gasteiger partial charge in [-0.15, -0.1) is 11.3 Å². The summed E-state index contributed by atoms with van der Waals surface area (Å²) >= 11 is 1.20. The monoisotopic (exact) mass is 323 g/mol. The zero-order valence-corrected chi connectivity index (χ0v) is 13.1. The molecule has 0 atom stereocenters. The van der Waals surface area contributed by atoms with E-state index in [9.17, 15) is 8.42 Å². The molecule has 0 amide bonds. The van der Waals surface area contributed by atoms with Crippen LogP contribution in [-0.4, -0.2) is 14.5 Å². The number of ether oxygens (including phenoxy) is 1. The predicted molar refractivity (Wildman–Crippen MR) is 84.5 cm³/mol. The van der Waals surface area contributed by atoms with Gasteiger partial charge in [0.1, 0.15) is 9.96 Å². The molecule has 0 bridgehead atoms. The molecule has 0 saturated heterocycles. The molecular formula is C15H17NO3S2. The third-order valence-corrected chi connectivity index (χ3v) is 6.25. The second-order valence-corrected chi connectivity index (χ2v) is 7.94. The van der Waals surface area contributed by atoms with Gasteiger partial charge in [0.15, 0.2) is 0 Å². The van der Waals surface area contributed by atoms with Crippen molar-refractivity contribution in [3.63, 3.8) is 0 Å². The summed E-state index contributed by atoms with van der Waals surface area (Å²) in [5, 5.41) is 1.74. The summed E-state index contributed by atoms with van der Waals surface area (Å²) in [6, 6.07) is 10.4. The second kappa shape index (κ2) is 6.07. The van der Waals surface area contributed by atoms with Crippen LogP contribution in [0.5, 0.6) is 5.75 Å². The molecule has 21 heavy (non-hydrogen) atoms. The highest BCUT2D eigenvalue weighted by Crippen LogP contribution is 2.26. The molecule has 1 aromatic heterocycles. The lowest BCUT2D eigenvalue weighted by molar-refractivity contribution is 0.210. The quantitative estimate of drug-likeness (QED) is 0.908. The molecule has 3 rings (SSSR count). The first-order valence-electron chi connectivity index (χ1n) is 6.96. The molecule has 0 spiro atoms. The number of hydrogen-bond acceptors (Lipinski definition) is 4. The van der Waals surface area contributed by atoms with Gasteiger partial charge in [-0.05, 0) is 61.4 Å². The maximum absolute atomic E-state index is 12.1. The summed E-state index contributed by atoms with van der Waals surface area (Å²) < 4.78 is 32.9. The van der Waals surface area contributed by atoms with Gasteiger partial charge >= 0.3 is 0 Å². The molecule has 4 nitrogen and oxygen atoms in total. The molecule has 1 fully saturated rings. The Labute approximate surface area is 128 Å². The van der Waals surface area contributed by atoms with Crippen LogP contribution in [0.2, 0.25) is 0 Å². The Morgan fingerprint density at radius 1 is 1.10 bits per heavy atom. The van der Waals surface area contributed by atoms with Gasteiger partial charge < -0.3 is 4.74 Å². The molecule has 1 saturated carbocycles. The van der Waals surface area contributed by atoms with Crippen LogP contribution >= 0.6 is 11.3 Å². The van der Waals surface area contributed by atoms with Gasteiger partial charge in [-0.25, -0.2) is 8.42 Å². The van der Waals surface area contributed by atoms with E-state index in [0.29, 0.717) is 16.0 Å². The molecule has 1 aliphatic carbocycles. The average Bonchev–Trinajstić information content (AvgIpc) is 3.13. The second-order valence-electron chi connectivity index (χ2n) is 5.09. The van der Waals surface area contributed by atoms with Crippen molar-refractivity contribution in [2.24, 2.45) is 0 Å². The fourth-order valence-electron chi connectivity index (χ4n) is 2.42. The summed E-state index contributed by atoms with van der Waals surface area (Å²) in [7, 11) is -3.48. The largest absolute Gasteiger partial charge is 0.490 e. The van der Waals surface area contributed by atoms with E-state index in [2.05, 4.69) is 4.72 Å². The van der Waals surface area contributed by atoms with Crippen molar-refractivity contribution in [3.05, 3.63) is 41.8 Å². The predicted octanol–water partition coefficient (Wildman–Crippen LogP) is 3.87. The third kappa shape index (κ3) is 3.57. The maximum atomic E-state index is 12.1. The summed E-state index contributed by atoms with van der Waals surface area (Å²) in [6.45, 7) is 0. The van der Waals surface area contributed by atoms with Gasteiger partial charge in [0.25, 0.3) is 10.0 Å². The highest BCUT2D eigenvalue weighted by molar-refractivity contribution is 7.94. The van der Waals surface area contributed by atoms with Crippen LogP contribution in [-0.2, 0) is 10.0 Å². The highest BCUT2D eigenvalue weighted by atomic mass is 32.2. The van der Waals surface area contributed by atoms with Crippen LogP contribution in [0.4, 0.5) is 5.69 Å². The average molecular weight is 323 g/mol. The van der Waals surface area contributed by atoms with Crippen LogP contribution in [0.25, 0.3) is 0 Å². The molecule has 1 N–H and O–H groups in total. The van der Waals surface area contributed by atoms with Gasteiger partial charge in [-0.2, -0.15) is 0 Å². The lowest BCUT2D eigenvalue weighted by Gasteiger charge is -2.13. The molecule has 1 aliphatic rings. The van der Waals surface area contributed by atoms with Crippen molar-refractivity contribution in [1.29, 1.82) is 0 Å². The van der Waals surface area contributed by atoms with Crippen molar-refractivity contribution >= 4 is 27.0 Å². The van der Waals surface area contributed by atoms with E-state index in [1.807, 2.05) is 12.1 Å². The highest BCUT2D eigenvalue weighted by Gasteiger charge is 2.17. The minimum absolute atomic E-state index is 0.304. The Hall–Kier alpha value is -1.53. The first-order chi connectivity index (χ1) is 10.1. The van der Waals surface area contributed by atoms with Crippen molar-refractivity contribution in [3.8, 4) is 5.75 Å². The SMILES string of the molecule is O=S(=O)(Nc1ccc(OC2CCCC2)cc1)c1cccs1. The summed E-state index contributed by atoms with van der Waals surface area (Å²) in [6.07, 6.45) is 4.96. The molecule has 1 heterocycles. The Bertz CT molecular complexity index is 672. The number of hydrogen-bond donors (Lipinski definition) is 1. The normalized spacial score (nSPS) is 16.0. The van der Waals surface area contributed by atoms with Crippen molar-refractivity contribution in [1.82, 2.24) is 0 Å². The zero-order chi connectivity index (χ0) is 14.7. The van der Waals surface area contributed by atoms with Crippen molar-refractivity contribution < 1.29 is 13.2 Å². The van der Waals surface area contributed by atoms with Gasteiger partial charge in [0, 0.05) is 5.69 Å². The molecule has 1 aromatic carbocycles. The van der Waals surface area contributed by atoms with E-state index in [4.69, 9.17) is 4.74 Å². The fourth-order valence-corrected chi connectivity index (χ4v) is 4.47. The Morgan fingerprint density at radius 2 is 1.81 bits per heavy atom. The van der Waals surface area contributed by atoms with Crippen molar-refractivity contribution in [2.75, 3.05) is 4.72 Å². The number of sulfonamides is 1. The topological polar surface area (TPSA) is 55.4 Å². The lowest BCUT2D eigenvalue weighted by atomic mass is 10.3. The summed E-state index contributed by atoms with van der Waals surface area (Å²) in [5.41, 5.74) is 0.544. The minimum atomic E-state index is -3.48. The number of thiophene rings is 1. The molecule has 0 aliphatic heterocycles. The lowest BCUT2D eigenvalue weighted by Crippen LogP contribution is -2.12. The molecule has 2 aromatic rings. The maximum Gasteiger partial charge on any atom is 0.271 e. The smallest absolute Gasteiger partial charge is 0.271 e. The van der Waals surface area contributed by atoms with Gasteiger partial charge in [0.05, 0.1) is 6.10 Å². The van der Waals surface area contributed by atoms with E-state index in [1.54, 1.807) is 29.6 Å². The molecular weight excluding hydrogens is 306 g/mol. The van der Waals surface area contributed by atoms with Gasteiger partial charge in [-0.3, -0.25) is 4.72 Å². The van der Waals surface area contributed by atoms with Crippen LogP contribution in [0.1, 0.15) is 25.7 Å². The molecule has 112 valence electrons. The molecule has 6 heteroatoms. The van der Waals surface area contributed by atoms with Crippen LogP contribution in [0.3, 0.4) is 0 Å². The fraction of sp³-hybridized carbons (Fsp3) is 0.333. The van der Waals surface area contributed by atoms with Gasteiger partial charge in [-0.1, -0.05) is 6.07 Å². The summed E-state index contributed by atoms with van der Waals surface area (Å²) in [5.74, 6) is 0.793. The number of rotatable bonds is 5. The Morgan fingerprint density at radius 3 is 2.43 bits per heavy atom. The minimum Gasteiger partial charge on any atom is -0.490 e. The van der Waals surface area contributed by atoms with E-state index in [-0.39, 0.29) is 0 Å². The van der Waals surface area contributed by atoms with Crippen LogP contribution in [0.15, 0.2) is 46.0 Å². The van der Waals surface area contributed by atoms with Crippen LogP contribution < -0.4 is 9.46 Å². The number of benzene rings is 1. The Kier molecular flexibility index (Phi) is 4.17. The standard InChI is InChI=1S/C15H17NO3S2/c17-21(18,15-6-3-11-20-15)16-12-7-9-14(10-8-12)19-13-4-1-2-5-13/h3,6-11,13,16H,1-2,4-5H2. The first-order valence-corrected chi connectivity index (χ1v) is 9.33. The molecule has 0 unspecified atom stereocenters. The Balaban J connectivity index is 1.67. The third-order valence-electron chi connectivity index (χ3n) is 3.47. The number of anilines is 1.